The van der Waals surface area contributed by atoms with Gasteiger partial charge in [-0.15, -0.1) is 0 Å². The van der Waals surface area contributed by atoms with Crippen molar-refractivity contribution in [1.82, 2.24) is 5.32 Å². The Bertz CT molecular complexity index is 1120. The number of phosphoric ester groups is 1. The van der Waals surface area contributed by atoms with Crippen LogP contribution in [0.3, 0.4) is 0 Å². The van der Waals surface area contributed by atoms with E-state index in [9.17, 15) is 24.2 Å². The van der Waals surface area contributed by atoms with Gasteiger partial charge in [0.25, 0.3) is 0 Å². The summed E-state index contributed by atoms with van der Waals surface area (Å²) in [5.41, 5.74) is 0. The number of allylic oxidation sites excluding steroid dienone is 10. The van der Waals surface area contributed by atoms with Crippen molar-refractivity contribution in [3.8, 4) is 0 Å². The predicted molar refractivity (Wildman–Crippen MR) is 238 cm³/mol. The van der Waals surface area contributed by atoms with Crippen LogP contribution in [-0.4, -0.2) is 54.3 Å². The molecule has 0 saturated heterocycles. The first-order valence-corrected chi connectivity index (χ1v) is 24.3. The first kappa shape index (κ1) is 54.7. The third kappa shape index (κ3) is 44.7. The standard InChI is InChI=1S/C47H84NO8P/c1-3-5-7-9-11-13-15-17-19-20-21-22-23-24-26-27-29-31-33-35-37-39-46(50)48-41-42-55-57(52,53)56-44-45(49)43-54-47(51)40-38-36-34-32-30-28-25-18-16-14-12-10-8-6-4-2/h11,13,17-19,21-22,24-26,45,49H,3-10,12,14-16,20,23,27-44H2,1-2H3,(H,48,50)(H,52,53)/b13-11-,19-17-,22-21-,25-18-,26-24-. The number of ether oxygens (including phenoxy) is 1. The summed E-state index contributed by atoms with van der Waals surface area (Å²) in [6, 6.07) is 0. The van der Waals surface area contributed by atoms with Crippen LogP contribution in [0, 0.1) is 0 Å². The summed E-state index contributed by atoms with van der Waals surface area (Å²) >= 11 is 0. The lowest BCUT2D eigenvalue weighted by Gasteiger charge is -2.15. The van der Waals surface area contributed by atoms with Gasteiger partial charge in [-0.2, -0.15) is 0 Å². The van der Waals surface area contributed by atoms with Crippen molar-refractivity contribution in [2.45, 2.75) is 200 Å². The predicted octanol–water partition coefficient (Wildman–Crippen LogP) is 12.9. The maximum Gasteiger partial charge on any atom is 0.472 e. The number of carbonyl (C=O) groups is 2. The summed E-state index contributed by atoms with van der Waals surface area (Å²) in [6.07, 6.45) is 51.5. The van der Waals surface area contributed by atoms with Gasteiger partial charge in [-0.1, -0.05) is 158 Å². The number of esters is 1. The summed E-state index contributed by atoms with van der Waals surface area (Å²) in [6.45, 7) is 3.48. The first-order chi connectivity index (χ1) is 27.8. The number of carbonyl (C=O) groups excluding carboxylic acids is 2. The molecule has 0 bridgehead atoms. The molecule has 1 amide bonds. The number of aliphatic hydroxyl groups excluding tert-OH is 1. The largest absolute Gasteiger partial charge is 0.472 e. The van der Waals surface area contributed by atoms with Crippen LogP contribution >= 0.6 is 7.82 Å². The van der Waals surface area contributed by atoms with E-state index in [-0.39, 0.29) is 32.1 Å². The van der Waals surface area contributed by atoms with Crippen LogP contribution in [0.4, 0.5) is 0 Å². The Morgan fingerprint density at radius 3 is 1.47 bits per heavy atom. The SMILES string of the molecule is CCCCC/C=C\C/C=C\C/C=C\C/C=C\CCCCCCCC(=O)NCCOP(=O)(O)OCC(O)COC(=O)CCCCCCC/C=C\CCCCCCCC. The molecule has 0 aromatic heterocycles. The van der Waals surface area contributed by atoms with Gasteiger partial charge in [0, 0.05) is 19.4 Å². The summed E-state index contributed by atoms with van der Waals surface area (Å²) in [4.78, 5) is 33.9. The van der Waals surface area contributed by atoms with Gasteiger partial charge in [-0.3, -0.25) is 18.6 Å². The zero-order valence-corrected chi connectivity index (χ0v) is 37.2. The molecule has 0 aliphatic carbocycles. The fourth-order valence-electron chi connectivity index (χ4n) is 5.95. The number of phosphoric acid groups is 1. The van der Waals surface area contributed by atoms with E-state index in [1.165, 1.54) is 70.6 Å². The van der Waals surface area contributed by atoms with Crippen molar-refractivity contribution in [3.63, 3.8) is 0 Å². The van der Waals surface area contributed by atoms with Gasteiger partial charge < -0.3 is 20.1 Å². The zero-order valence-electron chi connectivity index (χ0n) is 36.3. The van der Waals surface area contributed by atoms with Crippen molar-refractivity contribution < 1.29 is 37.9 Å². The summed E-state index contributed by atoms with van der Waals surface area (Å²) in [5, 5.41) is 12.7. The molecule has 0 radical (unpaired) electrons. The Morgan fingerprint density at radius 1 is 0.544 bits per heavy atom. The minimum atomic E-state index is -4.43. The van der Waals surface area contributed by atoms with Gasteiger partial charge in [-0.05, 0) is 83.5 Å². The maximum atomic E-state index is 12.1. The van der Waals surface area contributed by atoms with Gasteiger partial charge in [0.05, 0.1) is 13.2 Å². The van der Waals surface area contributed by atoms with Gasteiger partial charge in [0.15, 0.2) is 0 Å². The quantitative estimate of drug-likeness (QED) is 0.0240. The monoisotopic (exact) mass is 822 g/mol. The van der Waals surface area contributed by atoms with Gasteiger partial charge in [0.1, 0.15) is 12.7 Å². The van der Waals surface area contributed by atoms with E-state index >= 15 is 0 Å². The molecule has 2 unspecified atom stereocenters. The number of amides is 1. The van der Waals surface area contributed by atoms with E-state index in [0.717, 1.165) is 96.3 Å². The number of hydrogen-bond acceptors (Lipinski definition) is 7. The molecular weight excluding hydrogens is 737 g/mol. The molecule has 0 rings (SSSR count). The normalized spacial score (nSPS) is 13.8. The second-order valence-corrected chi connectivity index (χ2v) is 16.5. The molecule has 57 heavy (non-hydrogen) atoms. The summed E-state index contributed by atoms with van der Waals surface area (Å²) in [7, 11) is -4.43. The van der Waals surface area contributed by atoms with Crippen LogP contribution in [0.1, 0.15) is 194 Å². The van der Waals surface area contributed by atoms with Gasteiger partial charge >= 0.3 is 13.8 Å². The van der Waals surface area contributed by atoms with Crippen LogP contribution in [0.15, 0.2) is 60.8 Å². The Balaban J connectivity index is 3.65. The van der Waals surface area contributed by atoms with Crippen LogP contribution < -0.4 is 5.32 Å². The molecule has 0 spiro atoms. The Kier molecular flexibility index (Phi) is 41.6. The highest BCUT2D eigenvalue weighted by Gasteiger charge is 2.23. The van der Waals surface area contributed by atoms with Crippen molar-refractivity contribution in [2.75, 3.05) is 26.4 Å². The molecule has 10 heteroatoms. The maximum absolute atomic E-state index is 12.1. The zero-order chi connectivity index (χ0) is 41.8. The second-order valence-electron chi connectivity index (χ2n) is 15.0. The number of unbranched alkanes of at least 4 members (excludes halogenated alkanes) is 19. The molecule has 0 aromatic carbocycles. The third-order valence-corrected chi connectivity index (χ3v) is 10.4. The van der Waals surface area contributed by atoms with Crippen LogP contribution in [-0.2, 0) is 27.9 Å². The van der Waals surface area contributed by atoms with Crippen molar-refractivity contribution in [1.29, 1.82) is 0 Å². The van der Waals surface area contributed by atoms with E-state index in [4.69, 9.17) is 13.8 Å². The van der Waals surface area contributed by atoms with Crippen LogP contribution in [0.5, 0.6) is 0 Å². The topological polar surface area (TPSA) is 131 Å². The lowest BCUT2D eigenvalue weighted by atomic mass is 10.1. The Morgan fingerprint density at radius 2 is 0.947 bits per heavy atom. The molecule has 9 nitrogen and oxygen atoms in total. The third-order valence-electron chi connectivity index (χ3n) is 9.42. The fourth-order valence-corrected chi connectivity index (χ4v) is 6.70. The second kappa shape index (κ2) is 43.3. The highest BCUT2D eigenvalue weighted by Crippen LogP contribution is 2.42. The minimum Gasteiger partial charge on any atom is -0.463 e. The van der Waals surface area contributed by atoms with Gasteiger partial charge in [0.2, 0.25) is 5.91 Å². The fraction of sp³-hybridized carbons (Fsp3) is 0.745. The number of aliphatic hydroxyl groups is 1. The van der Waals surface area contributed by atoms with E-state index in [1.807, 2.05) is 0 Å². The van der Waals surface area contributed by atoms with Crippen LogP contribution in [0.2, 0.25) is 0 Å². The minimum absolute atomic E-state index is 0.0678. The average molecular weight is 822 g/mol. The Labute approximate surface area is 348 Å². The smallest absolute Gasteiger partial charge is 0.463 e. The highest BCUT2D eigenvalue weighted by molar-refractivity contribution is 7.47. The highest BCUT2D eigenvalue weighted by atomic mass is 31.2. The van der Waals surface area contributed by atoms with E-state index in [1.54, 1.807) is 0 Å². The molecule has 330 valence electrons. The molecule has 3 N–H and O–H groups in total. The summed E-state index contributed by atoms with van der Waals surface area (Å²) < 4.78 is 26.9. The molecular formula is C47H84NO8P. The Hall–Kier alpha value is -2.29. The molecule has 0 fully saturated rings. The molecule has 0 aliphatic heterocycles. The average Bonchev–Trinajstić information content (AvgIpc) is 3.20. The number of nitrogens with one attached hydrogen (secondary N) is 1. The van der Waals surface area contributed by atoms with Crippen molar-refractivity contribution in [3.05, 3.63) is 60.8 Å². The van der Waals surface area contributed by atoms with Crippen molar-refractivity contribution >= 4 is 19.7 Å². The van der Waals surface area contributed by atoms with Gasteiger partial charge in [-0.25, -0.2) is 4.57 Å². The number of hydrogen-bond donors (Lipinski definition) is 3. The number of rotatable bonds is 42. The van der Waals surface area contributed by atoms with Crippen molar-refractivity contribution in [2.24, 2.45) is 0 Å². The lowest BCUT2D eigenvalue weighted by Crippen LogP contribution is -2.27. The van der Waals surface area contributed by atoms with Crippen LogP contribution in [0.25, 0.3) is 0 Å². The first-order valence-electron chi connectivity index (χ1n) is 22.8. The molecule has 2 atom stereocenters. The van der Waals surface area contributed by atoms with E-state index < -0.39 is 26.5 Å². The summed E-state index contributed by atoms with van der Waals surface area (Å²) in [5.74, 6) is -0.545. The van der Waals surface area contributed by atoms with E-state index in [2.05, 4.69) is 79.9 Å². The molecule has 0 aromatic rings. The van der Waals surface area contributed by atoms with E-state index in [0.29, 0.717) is 6.42 Å². The molecule has 0 saturated carbocycles. The lowest BCUT2D eigenvalue weighted by molar-refractivity contribution is -0.147. The molecule has 0 aliphatic rings. The molecule has 0 heterocycles.